The molecular weight excluding hydrogens is 286 g/mol. The van der Waals surface area contributed by atoms with Crippen LogP contribution in [-0.4, -0.2) is 32.6 Å². The van der Waals surface area contributed by atoms with Gasteiger partial charge < -0.3 is 14.2 Å². The normalized spacial score (nSPS) is 11.9. The third-order valence-corrected chi connectivity index (χ3v) is 2.81. The summed E-state index contributed by atoms with van der Waals surface area (Å²) in [4.78, 5) is 23.3. The third-order valence-electron chi connectivity index (χ3n) is 2.81. The van der Waals surface area contributed by atoms with Crippen LogP contribution in [0.4, 0.5) is 8.78 Å². The van der Waals surface area contributed by atoms with Crippen molar-refractivity contribution in [3.63, 3.8) is 0 Å². The predicted octanol–water partition coefficient (Wildman–Crippen LogP) is 2.68. The van der Waals surface area contributed by atoms with Crippen molar-refractivity contribution in [2.45, 2.75) is 20.0 Å². The maximum atomic E-state index is 12.3. The van der Waals surface area contributed by atoms with Crippen molar-refractivity contribution in [1.29, 1.82) is 0 Å². The minimum Gasteiger partial charge on any atom is -0.493 e. The van der Waals surface area contributed by atoms with Gasteiger partial charge in [0.1, 0.15) is 0 Å². The fourth-order valence-corrected chi connectivity index (χ4v) is 1.73. The summed E-state index contributed by atoms with van der Waals surface area (Å²) in [6.45, 7) is -1.48. The van der Waals surface area contributed by atoms with Gasteiger partial charge in [-0.3, -0.25) is 9.59 Å². The van der Waals surface area contributed by atoms with Gasteiger partial charge in [-0.2, -0.15) is 8.78 Å². The Hall–Kier alpha value is -2.18. The summed E-state index contributed by atoms with van der Waals surface area (Å²) >= 11 is 0. The first-order chi connectivity index (χ1) is 9.88. The number of Topliss-reactive ketones (excluding diaryl/α,β-unsaturated/α-hetero) is 1. The van der Waals surface area contributed by atoms with E-state index >= 15 is 0 Å². The van der Waals surface area contributed by atoms with Crippen LogP contribution in [0.3, 0.4) is 0 Å². The van der Waals surface area contributed by atoms with Crippen molar-refractivity contribution in [3.8, 4) is 11.5 Å². The highest BCUT2D eigenvalue weighted by Gasteiger charge is 2.21. The Morgan fingerprint density at radius 2 is 1.86 bits per heavy atom. The molecule has 1 rings (SSSR count). The predicted molar refractivity (Wildman–Crippen MR) is 69.8 cm³/mol. The minimum absolute atomic E-state index is 0.0903. The van der Waals surface area contributed by atoms with E-state index in [1.54, 1.807) is 6.92 Å². The van der Waals surface area contributed by atoms with Crippen LogP contribution in [0.2, 0.25) is 0 Å². The molecule has 0 fully saturated rings. The Morgan fingerprint density at radius 1 is 1.19 bits per heavy atom. The first-order valence-electron chi connectivity index (χ1n) is 6.13. The van der Waals surface area contributed by atoms with Crippen LogP contribution in [0.1, 0.15) is 23.7 Å². The van der Waals surface area contributed by atoms with E-state index in [0.29, 0.717) is 0 Å². The Balaban J connectivity index is 2.96. The molecular formula is C14H16F2O5. The van der Waals surface area contributed by atoms with Crippen molar-refractivity contribution in [3.05, 3.63) is 23.8 Å². The van der Waals surface area contributed by atoms with Gasteiger partial charge >= 0.3 is 12.6 Å². The lowest BCUT2D eigenvalue weighted by Crippen LogP contribution is -2.17. The highest BCUT2D eigenvalue weighted by atomic mass is 19.3. The Morgan fingerprint density at radius 3 is 2.38 bits per heavy atom. The van der Waals surface area contributed by atoms with E-state index in [1.165, 1.54) is 32.4 Å². The topological polar surface area (TPSA) is 61.8 Å². The fraction of sp³-hybridized carbons (Fsp3) is 0.429. The van der Waals surface area contributed by atoms with E-state index < -0.39 is 18.5 Å². The zero-order chi connectivity index (χ0) is 16.0. The number of methoxy groups -OCH3 is 2. The summed E-state index contributed by atoms with van der Waals surface area (Å²) in [5.74, 6) is -1.67. The van der Waals surface area contributed by atoms with Gasteiger partial charge in [0.25, 0.3) is 0 Å². The van der Waals surface area contributed by atoms with E-state index in [1.807, 2.05) is 0 Å². The molecule has 0 bridgehead atoms. The van der Waals surface area contributed by atoms with Gasteiger partial charge in [0, 0.05) is 11.5 Å². The number of rotatable bonds is 7. The van der Waals surface area contributed by atoms with Crippen molar-refractivity contribution in [2.24, 2.45) is 5.92 Å². The van der Waals surface area contributed by atoms with E-state index in [9.17, 15) is 18.4 Å². The van der Waals surface area contributed by atoms with Crippen LogP contribution in [0.5, 0.6) is 11.5 Å². The summed E-state index contributed by atoms with van der Waals surface area (Å²) in [6, 6.07) is 3.95. The number of benzene rings is 1. The van der Waals surface area contributed by atoms with Gasteiger partial charge in [0.05, 0.1) is 20.6 Å². The molecule has 1 atom stereocenters. The molecule has 1 aromatic carbocycles. The molecule has 0 aliphatic heterocycles. The summed E-state index contributed by atoms with van der Waals surface area (Å²) in [6.07, 6.45) is -0.0909. The van der Waals surface area contributed by atoms with Gasteiger partial charge in [-0.25, -0.2) is 0 Å². The number of halogens is 2. The number of esters is 1. The number of carbonyl (C=O) groups excluding carboxylic acids is 2. The molecule has 0 spiro atoms. The number of hydrogen-bond acceptors (Lipinski definition) is 5. The molecule has 0 aromatic heterocycles. The quantitative estimate of drug-likeness (QED) is 0.572. The standard InChI is InChI=1S/C14H16F2O5/c1-8(6-12(17)20-3)13(18)9-4-5-10(19-2)11(7-9)21-14(15)16/h4-5,7-8,14H,6H2,1-3H3. The molecule has 7 heteroatoms. The van der Waals surface area contributed by atoms with Crippen LogP contribution in [-0.2, 0) is 9.53 Å². The van der Waals surface area contributed by atoms with Crippen LogP contribution in [0.25, 0.3) is 0 Å². The number of ketones is 1. The number of alkyl halides is 2. The van der Waals surface area contributed by atoms with Crippen molar-refractivity contribution in [1.82, 2.24) is 0 Å². The number of ether oxygens (including phenoxy) is 3. The van der Waals surface area contributed by atoms with Gasteiger partial charge in [0.2, 0.25) is 0 Å². The lowest BCUT2D eigenvalue weighted by atomic mass is 9.96. The smallest absolute Gasteiger partial charge is 0.387 e. The van der Waals surface area contributed by atoms with Crippen molar-refractivity contribution < 1.29 is 32.6 Å². The van der Waals surface area contributed by atoms with Crippen LogP contribution in [0.15, 0.2) is 18.2 Å². The molecule has 0 saturated heterocycles. The van der Waals surface area contributed by atoms with E-state index in [4.69, 9.17) is 4.74 Å². The highest BCUT2D eigenvalue weighted by molar-refractivity contribution is 5.99. The number of carbonyl (C=O) groups is 2. The Kier molecular flexibility index (Phi) is 6.08. The van der Waals surface area contributed by atoms with Crippen LogP contribution in [0, 0.1) is 5.92 Å². The van der Waals surface area contributed by atoms with Gasteiger partial charge in [-0.05, 0) is 18.2 Å². The summed E-state index contributed by atoms with van der Waals surface area (Å²) in [5, 5.41) is 0. The molecule has 0 amide bonds. The first kappa shape index (κ1) is 16.9. The average molecular weight is 302 g/mol. The molecule has 116 valence electrons. The SMILES string of the molecule is COC(=O)CC(C)C(=O)c1ccc(OC)c(OC(F)F)c1. The molecule has 1 aromatic rings. The van der Waals surface area contributed by atoms with Gasteiger partial charge in [0.15, 0.2) is 17.3 Å². The minimum atomic E-state index is -3.03. The van der Waals surface area contributed by atoms with E-state index in [2.05, 4.69) is 9.47 Å². The Bertz CT molecular complexity index is 516. The molecule has 0 saturated carbocycles. The third kappa shape index (κ3) is 4.70. The molecule has 1 unspecified atom stereocenters. The molecule has 5 nitrogen and oxygen atoms in total. The lowest BCUT2D eigenvalue weighted by molar-refractivity contribution is -0.141. The molecule has 0 aliphatic carbocycles. The van der Waals surface area contributed by atoms with Crippen LogP contribution >= 0.6 is 0 Å². The maximum absolute atomic E-state index is 12.3. The molecule has 21 heavy (non-hydrogen) atoms. The Labute approximate surface area is 120 Å². The summed E-state index contributed by atoms with van der Waals surface area (Å²) in [5.41, 5.74) is 0.155. The second-order valence-corrected chi connectivity index (χ2v) is 4.29. The summed E-state index contributed by atoms with van der Waals surface area (Å²) < 4.78 is 38.3. The zero-order valence-electron chi connectivity index (χ0n) is 11.9. The monoisotopic (exact) mass is 302 g/mol. The lowest BCUT2D eigenvalue weighted by Gasteiger charge is -2.13. The van der Waals surface area contributed by atoms with Gasteiger partial charge in [-0.1, -0.05) is 6.92 Å². The molecule has 0 radical (unpaired) electrons. The fourth-order valence-electron chi connectivity index (χ4n) is 1.73. The molecule has 0 aliphatic rings. The highest BCUT2D eigenvalue weighted by Crippen LogP contribution is 2.30. The van der Waals surface area contributed by atoms with Gasteiger partial charge in [-0.15, -0.1) is 0 Å². The van der Waals surface area contributed by atoms with E-state index in [-0.39, 0.29) is 29.3 Å². The molecule has 0 N–H and O–H groups in total. The maximum Gasteiger partial charge on any atom is 0.387 e. The first-order valence-corrected chi connectivity index (χ1v) is 6.13. The summed E-state index contributed by atoms with van der Waals surface area (Å²) in [7, 11) is 2.52. The second kappa shape index (κ2) is 7.56. The van der Waals surface area contributed by atoms with Crippen LogP contribution < -0.4 is 9.47 Å². The second-order valence-electron chi connectivity index (χ2n) is 4.29. The van der Waals surface area contributed by atoms with Crippen molar-refractivity contribution >= 4 is 11.8 Å². The number of hydrogen-bond donors (Lipinski definition) is 0. The van der Waals surface area contributed by atoms with Crippen molar-refractivity contribution in [2.75, 3.05) is 14.2 Å². The van der Waals surface area contributed by atoms with E-state index in [0.717, 1.165) is 0 Å². The zero-order valence-corrected chi connectivity index (χ0v) is 11.9. The largest absolute Gasteiger partial charge is 0.493 e. The average Bonchev–Trinajstić information content (AvgIpc) is 2.45. The molecule has 0 heterocycles.